The molecule has 1 aliphatic heterocycles. The van der Waals surface area contributed by atoms with Gasteiger partial charge in [-0.15, -0.1) is 0 Å². The van der Waals surface area contributed by atoms with Gasteiger partial charge >= 0.3 is 0 Å². The highest BCUT2D eigenvalue weighted by atomic mass is 35.5. The van der Waals surface area contributed by atoms with Crippen molar-refractivity contribution in [2.45, 2.75) is 6.92 Å². The molecule has 0 radical (unpaired) electrons. The van der Waals surface area contributed by atoms with Gasteiger partial charge in [-0.1, -0.05) is 17.7 Å². The smallest absolute Gasteiger partial charge is 0.291 e. The number of furan rings is 1. The minimum atomic E-state index is -0.378. The molecule has 32 heavy (non-hydrogen) atoms. The van der Waals surface area contributed by atoms with E-state index < -0.39 is 0 Å². The number of rotatable bonds is 4. The number of carbonyl (C=O) groups excluding carboxylic acids is 3. The number of halogens is 1. The van der Waals surface area contributed by atoms with E-state index in [0.717, 1.165) is 5.56 Å². The zero-order valence-electron chi connectivity index (χ0n) is 17.5. The molecule has 2 heterocycles. The zero-order valence-corrected chi connectivity index (χ0v) is 18.3. The van der Waals surface area contributed by atoms with Gasteiger partial charge in [0.25, 0.3) is 17.7 Å². The molecule has 8 heteroatoms. The summed E-state index contributed by atoms with van der Waals surface area (Å²) in [6, 6.07) is 15.2. The largest absolute Gasteiger partial charge is 0.459 e. The van der Waals surface area contributed by atoms with Gasteiger partial charge in [-0.3, -0.25) is 14.4 Å². The summed E-state index contributed by atoms with van der Waals surface area (Å²) in [6.07, 6.45) is 1.43. The summed E-state index contributed by atoms with van der Waals surface area (Å²) in [4.78, 5) is 41.5. The lowest BCUT2D eigenvalue weighted by atomic mass is 10.1. The van der Waals surface area contributed by atoms with Crippen LogP contribution in [0.25, 0.3) is 0 Å². The molecule has 4 rings (SSSR count). The van der Waals surface area contributed by atoms with E-state index in [1.165, 1.54) is 6.26 Å². The Morgan fingerprint density at radius 1 is 0.875 bits per heavy atom. The molecule has 0 saturated carbocycles. The third-order valence-electron chi connectivity index (χ3n) is 5.42. The molecule has 164 valence electrons. The number of anilines is 1. The van der Waals surface area contributed by atoms with Crippen molar-refractivity contribution in [1.82, 2.24) is 9.80 Å². The van der Waals surface area contributed by atoms with Crippen molar-refractivity contribution in [2.24, 2.45) is 0 Å². The van der Waals surface area contributed by atoms with Crippen molar-refractivity contribution in [2.75, 3.05) is 31.5 Å². The maximum Gasteiger partial charge on any atom is 0.291 e. The molecule has 0 atom stereocenters. The van der Waals surface area contributed by atoms with Crippen molar-refractivity contribution in [3.05, 3.63) is 88.3 Å². The van der Waals surface area contributed by atoms with Crippen molar-refractivity contribution >= 4 is 35.0 Å². The van der Waals surface area contributed by atoms with Gasteiger partial charge in [0.2, 0.25) is 0 Å². The van der Waals surface area contributed by atoms with Gasteiger partial charge in [0, 0.05) is 48.0 Å². The molecule has 1 aliphatic rings. The van der Waals surface area contributed by atoms with E-state index in [-0.39, 0.29) is 23.5 Å². The standard InChI is InChI=1S/C24H22ClN3O4/c1-16-4-5-18(15-20(16)26-22(29)21-3-2-14-32-21)24(31)28-12-10-27(11-13-28)23(30)17-6-8-19(25)9-7-17/h2-9,14-15H,10-13H2,1H3,(H,26,29). The topological polar surface area (TPSA) is 82.9 Å². The molecule has 1 fully saturated rings. The summed E-state index contributed by atoms with van der Waals surface area (Å²) >= 11 is 5.89. The summed E-state index contributed by atoms with van der Waals surface area (Å²) in [6.45, 7) is 3.61. The number of amides is 3. The second-order valence-electron chi connectivity index (χ2n) is 7.55. The minimum absolute atomic E-state index is 0.0768. The number of carbonyl (C=O) groups is 3. The average Bonchev–Trinajstić information content (AvgIpc) is 3.35. The number of hydrogen-bond acceptors (Lipinski definition) is 4. The second-order valence-corrected chi connectivity index (χ2v) is 7.99. The SMILES string of the molecule is Cc1ccc(C(=O)N2CCN(C(=O)c3ccc(Cl)cc3)CC2)cc1NC(=O)c1ccco1. The van der Waals surface area contributed by atoms with Crippen molar-refractivity contribution in [3.8, 4) is 0 Å². The summed E-state index contributed by atoms with van der Waals surface area (Å²) in [5.41, 5.74) is 2.43. The van der Waals surface area contributed by atoms with E-state index in [1.54, 1.807) is 64.4 Å². The molecule has 1 saturated heterocycles. The van der Waals surface area contributed by atoms with E-state index in [9.17, 15) is 14.4 Å². The Kier molecular flexibility index (Phi) is 6.28. The first kappa shape index (κ1) is 21.6. The van der Waals surface area contributed by atoms with Crippen LogP contribution in [0, 0.1) is 6.92 Å². The Morgan fingerprint density at radius 2 is 1.47 bits per heavy atom. The quantitative estimate of drug-likeness (QED) is 0.647. The minimum Gasteiger partial charge on any atom is -0.459 e. The van der Waals surface area contributed by atoms with Gasteiger partial charge in [0.1, 0.15) is 0 Å². The Morgan fingerprint density at radius 3 is 2.06 bits per heavy atom. The summed E-state index contributed by atoms with van der Waals surface area (Å²) in [5, 5.41) is 3.37. The van der Waals surface area contributed by atoms with Crippen LogP contribution in [0.5, 0.6) is 0 Å². The Hall–Kier alpha value is -3.58. The first-order valence-electron chi connectivity index (χ1n) is 10.2. The zero-order chi connectivity index (χ0) is 22.7. The van der Waals surface area contributed by atoms with Crippen molar-refractivity contribution in [3.63, 3.8) is 0 Å². The van der Waals surface area contributed by atoms with Gasteiger partial charge < -0.3 is 19.5 Å². The fourth-order valence-electron chi connectivity index (χ4n) is 3.55. The molecule has 0 aliphatic carbocycles. The van der Waals surface area contributed by atoms with E-state index in [4.69, 9.17) is 16.0 Å². The lowest BCUT2D eigenvalue weighted by Crippen LogP contribution is -2.50. The summed E-state index contributed by atoms with van der Waals surface area (Å²) < 4.78 is 5.12. The number of piperazine rings is 1. The van der Waals surface area contributed by atoms with Gasteiger partial charge in [0.05, 0.1) is 6.26 Å². The van der Waals surface area contributed by atoms with E-state index >= 15 is 0 Å². The lowest BCUT2D eigenvalue weighted by molar-refractivity contribution is 0.0535. The molecule has 3 amide bonds. The molecule has 0 bridgehead atoms. The van der Waals surface area contributed by atoms with Crippen LogP contribution in [0.1, 0.15) is 36.8 Å². The first-order valence-corrected chi connectivity index (χ1v) is 10.6. The van der Waals surface area contributed by atoms with Crippen LogP contribution in [0.15, 0.2) is 65.3 Å². The Bertz CT molecular complexity index is 1130. The summed E-state index contributed by atoms with van der Waals surface area (Å²) in [7, 11) is 0. The number of nitrogens with zero attached hydrogens (tertiary/aromatic N) is 2. The third kappa shape index (κ3) is 4.68. The van der Waals surface area contributed by atoms with Crippen LogP contribution >= 0.6 is 11.6 Å². The van der Waals surface area contributed by atoms with Crippen LogP contribution in [0.4, 0.5) is 5.69 Å². The van der Waals surface area contributed by atoms with Gasteiger partial charge in [-0.25, -0.2) is 0 Å². The number of aryl methyl sites for hydroxylation is 1. The maximum absolute atomic E-state index is 13.0. The summed E-state index contributed by atoms with van der Waals surface area (Å²) in [5.74, 6) is -0.399. The predicted molar refractivity (Wildman–Crippen MR) is 121 cm³/mol. The number of benzene rings is 2. The number of hydrogen-bond donors (Lipinski definition) is 1. The lowest BCUT2D eigenvalue weighted by Gasteiger charge is -2.35. The van der Waals surface area contributed by atoms with Crippen molar-refractivity contribution in [1.29, 1.82) is 0 Å². The molecule has 7 nitrogen and oxygen atoms in total. The Labute approximate surface area is 190 Å². The molecule has 1 aromatic heterocycles. The maximum atomic E-state index is 13.0. The molecular weight excluding hydrogens is 430 g/mol. The van der Waals surface area contributed by atoms with E-state index in [2.05, 4.69) is 5.32 Å². The number of nitrogens with one attached hydrogen (secondary N) is 1. The fraction of sp³-hybridized carbons (Fsp3) is 0.208. The normalized spacial score (nSPS) is 13.7. The predicted octanol–water partition coefficient (Wildman–Crippen LogP) is 4.09. The highest BCUT2D eigenvalue weighted by molar-refractivity contribution is 6.30. The average molecular weight is 452 g/mol. The first-order chi connectivity index (χ1) is 15.4. The molecule has 3 aromatic rings. The third-order valence-corrected chi connectivity index (χ3v) is 5.67. The highest BCUT2D eigenvalue weighted by Crippen LogP contribution is 2.20. The Balaban J connectivity index is 1.40. The fourth-order valence-corrected chi connectivity index (χ4v) is 3.68. The van der Waals surface area contributed by atoms with Crippen molar-refractivity contribution < 1.29 is 18.8 Å². The molecule has 2 aromatic carbocycles. The molecule has 0 unspecified atom stereocenters. The van der Waals surface area contributed by atoms with Gasteiger partial charge in [-0.05, 0) is 61.0 Å². The second kappa shape index (κ2) is 9.28. The monoisotopic (exact) mass is 451 g/mol. The molecule has 1 N–H and O–H groups in total. The van der Waals surface area contributed by atoms with Crippen LogP contribution in [-0.4, -0.2) is 53.7 Å². The molecular formula is C24H22ClN3O4. The van der Waals surface area contributed by atoms with Crippen LogP contribution in [0.2, 0.25) is 5.02 Å². The van der Waals surface area contributed by atoms with E-state index in [1.807, 2.05) is 6.92 Å². The highest BCUT2D eigenvalue weighted by Gasteiger charge is 2.26. The van der Waals surface area contributed by atoms with Crippen LogP contribution in [0.3, 0.4) is 0 Å². The van der Waals surface area contributed by atoms with Crippen LogP contribution < -0.4 is 5.32 Å². The van der Waals surface area contributed by atoms with E-state index in [0.29, 0.717) is 48.0 Å². The van der Waals surface area contributed by atoms with Gasteiger partial charge in [0.15, 0.2) is 5.76 Å². The van der Waals surface area contributed by atoms with Crippen LogP contribution in [-0.2, 0) is 0 Å². The van der Waals surface area contributed by atoms with Gasteiger partial charge in [-0.2, -0.15) is 0 Å². The molecule has 0 spiro atoms.